The molecule has 6 heteroatoms. The molecule has 0 radical (unpaired) electrons. The molecule has 4 rings (SSSR count). The van der Waals surface area contributed by atoms with Crippen LogP contribution in [0, 0.1) is 5.92 Å². The minimum atomic E-state index is -0.242. The van der Waals surface area contributed by atoms with Crippen LogP contribution in [0.3, 0.4) is 0 Å². The van der Waals surface area contributed by atoms with Crippen molar-refractivity contribution in [2.24, 2.45) is 13.0 Å². The number of amides is 1. The van der Waals surface area contributed by atoms with Crippen LogP contribution >= 0.6 is 0 Å². The number of rotatable bonds is 5. The van der Waals surface area contributed by atoms with Crippen LogP contribution in [-0.4, -0.2) is 51.9 Å². The summed E-state index contributed by atoms with van der Waals surface area (Å²) in [7, 11) is 1.95. The summed E-state index contributed by atoms with van der Waals surface area (Å²) in [6, 6.07) is 0.447. The maximum atomic E-state index is 12.2. The largest absolute Gasteiger partial charge is 0.363 e. The second-order valence-corrected chi connectivity index (χ2v) is 7.28. The average molecular weight is 318 g/mol. The van der Waals surface area contributed by atoms with Gasteiger partial charge in [-0.25, -0.2) is 0 Å². The maximum Gasteiger partial charge on any atom is 0.249 e. The van der Waals surface area contributed by atoms with E-state index < -0.39 is 0 Å². The molecule has 3 atom stereocenters. The highest BCUT2D eigenvalue weighted by Gasteiger charge is 2.41. The van der Waals surface area contributed by atoms with Crippen LogP contribution in [0.15, 0.2) is 12.4 Å². The fourth-order valence-electron chi connectivity index (χ4n) is 3.87. The van der Waals surface area contributed by atoms with Crippen molar-refractivity contribution in [3.63, 3.8) is 0 Å². The van der Waals surface area contributed by atoms with Gasteiger partial charge in [0.1, 0.15) is 6.10 Å². The molecule has 2 aliphatic heterocycles. The predicted molar refractivity (Wildman–Crippen MR) is 85.7 cm³/mol. The Balaban J connectivity index is 1.30. The van der Waals surface area contributed by atoms with Gasteiger partial charge in [0.05, 0.1) is 12.3 Å². The highest BCUT2D eigenvalue weighted by molar-refractivity contribution is 5.80. The molecule has 1 N–H and O–H groups in total. The van der Waals surface area contributed by atoms with Crippen LogP contribution in [0.2, 0.25) is 0 Å². The molecule has 3 fully saturated rings. The highest BCUT2D eigenvalue weighted by Crippen LogP contribution is 2.33. The van der Waals surface area contributed by atoms with Gasteiger partial charge < -0.3 is 10.1 Å². The van der Waals surface area contributed by atoms with E-state index in [4.69, 9.17) is 4.74 Å². The van der Waals surface area contributed by atoms with E-state index in [9.17, 15) is 4.79 Å². The van der Waals surface area contributed by atoms with Gasteiger partial charge in [-0.05, 0) is 38.0 Å². The van der Waals surface area contributed by atoms with Crippen molar-refractivity contribution in [2.45, 2.75) is 56.9 Å². The summed E-state index contributed by atoms with van der Waals surface area (Å²) in [4.78, 5) is 14.7. The summed E-state index contributed by atoms with van der Waals surface area (Å²) in [6.07, 6.45) is 9.41. The average Bonchev–Trinajstić information content (AvgIpc) is 3.18. The quantitative estimate of drug-likeness (QED) is 0.882. The first-order chi connectivity index (χ1) is 11.2. The standard InChI is InChI=1S/C17H26N4O2/c1-20-10-13(9-19-20)11-21-7-6-15-14(21)4-5-16(23-15)17(22)18-8-12-2-3-12/h9-10,12,14-16H,2-8,11H2,1H3,(H,18,22)/t14-,15-,16-/m0/s1. The Morgan fingerprint density at radius 1 is 1.35 bits per heavy atom. The molecule has 1 aliphatic carbocycles. The van der Waals surface area contributed by atoms with Gasteiger partial charge in [0.2, 0.25) is 5.91 Å². The smallest absolute Gasteiger partial charge is 0.249 e. The lowest BCUT2D eigenvalue weighted by molar-refractivity contribution is -0.144. The number of likely N-dealkylation sites (tertiary alicyclic amines) is 1. The van der Waals surface area contributed by atoms with Gasteiger partial charge in [0, 0.05) is 44.5 Å². The SMILES string of the molecule is Cn1cc(CN2CC[C@@H]3O[C@H](C(=O)NCC4CC4)CC[C@@H]32)cn1. The molecule has 1 aromatic rings. The molecule has 126 valence electrons. The van der Waals surface area contributed by atoms with E-state index in [1.54, 1.807) is 0 Å². The molecule has 0 unspecified atom stereocenters. The summed E-state index contributed by atoms with van der Waals surface area (Å²) >= 11 is 0. The number of aryl methyl sites for hydroxylation is 1. The number of ether oxygens (including phenoxy) is 1. The minimum absolute atomic E-state index is 0.0982. The Morgan fingerprint density at radius 2 is 2.22 bits per heavy atom. The van der Waals surface area contributed by atoms with Gasteiger partial charge in [-0.3, -0.25) is 14.4 Å². The zero-order valence-corrected chi connectivity index (χ0v) is 13.8. The van der Waals surface area contributed by atoms with Crippen molar-refractivity contribution in [1.82, 2.24) is 20.0 Å². The second-order valence-electron chi connectivity index (χ2n) is 7.28. The summed E-state index contributed by atoms with van der Waals surface area (Å²) in [5.74, 6) is 0.817. The van der Waals surface area contributed by atoms with Crippen LogP contribution in [-0.2, 0) is 23.1 Å². The number of hydrogen-bond acceptors (Lipinski definition) is 4. The Kier molecular flexibility index (Phi) is 4.11. The van der Waals surface area contributed by atoms with Crippen molar-refractivity contribution in [2.75, 3.05) is 13.1 Å². The van der Waals surface area contributed by atoms with E-state index in [1.807, 2.05) is 17.9 Å². The molecule has 3 heterocycles. The van der Waals surface area contributed by atoms with Crippen LogP contribution in [0.4, 0.5) is 0 Å². The van der Waals surface area contributed by atoms with Gasteiger partial charge in [-0.2, -0.15) is 5.10 Å². The molecule has 0 aromatic carbocycles. The minimum Gasteiger partial charge on any atom is -0.363 e. The molecule has 0 spiro atoms. The van der Waals surface area contributed by atoms with Gasteiger partial charge in [0.25, 0.3) is 0 Å². The first-order valence-corrected chi connectivity index (χ1v) is 8.84. The summed E-state index contributed by atoms with van der Waals surface area (Å²) in [5.41, 5.74) is 1.25. The van der Waals surface area contributed by atoms with Crippen molar-refractivity contribution >= 4 is 5.91 Å². The zero-order chi connectivity index (χ0) is 15.8. The third-order valence-electron chi connectivity index (χ3n) is 5.36. The highest BCUT2D eigenvalue weighted by atomic mass is 16.5. The number of nitrogens with zero attached hydrogens (tertiary/aromatic N) is 3. The van der Waals surface area contributed by atoms with Crippen molar-refractivity contribution in [1.29, 1.82) is 0 Å². The van der Waals surface area contributed by atoms with Crippen molar-refractivity contribution in [3.05, 3.63) is 18.0 Å². The van der Waals surface area contributed by atoms with E-state index >= 15 is 0 Å². The lowest BCUT2D eigenvalue weighted by Crippen LogP contribution is -2.47. The summed E-state index contributed by atoms with van der Waals surface area (Å²) < 4.78 is 7.97. The number of hydrogen-bond donors (Lipinski definition) is 1. The summed E-state index contributed by atoms with van der Waals surface area (Å²) in [5, 5.41) is 7.30. The Labute approximate surface area is 137 Å². The van der Waals surface area contributed by atoms with Crippen LogP contribution < -0.4 is 5.32 Å². The second kappa shape index (κ2) is 6.24. The fraction of sp³-hybridized carbons (Fsp3) is 0.765. The third-order valence-corrected chi connectivity index (χ3v) is 5.36. The molecule has 1 aromatic heterocycles. The molecular formula is C17H26N4O2. The van der Waals surface area contributed by atoms with E-state index in [2.05, 4.69) is 21.5 Å². The predicted octanol–water partition coefficient (Wildman–Crippen LogP) is 1.07. The van der Waals surface area contributed by atoms with Crippen LogP contribution in [0.25, 0.3) is 0 Å². The lowest BCUT2D eigenvalue weighted by atomic mass is 9.98. The topological polar surface area (TPSA) is 59.4 Å². The van der Waals surface area contributed by atoms with Gasteiger partial charge in [-0.15, -0.1) is 0 Å². The van der Waals surface area contributed by atoms with Gasteiger partial charge >= 0.3 is 0 Å². The Bertz CT molecular complexity index is 569. The fourth-order valence-corrected chi connectivity index (χ4v) is 3.87. The lowest BCUT2D eigenvalue weighted by Gasteiger charge is -2.35. The molecule has 3 aliphatic rings. The summed E-state index contributed by atoms with van der Waals surface area (Å²) in [6.45, 7) is 2.80. The van der Waals surface area contributed by atoms with Crippen LogP contribution in [0.1, 0.15) is 37.7 Å². The number of nitrogens with one attached hydrogen (secondary N) is 1. The molecular weight excluding hydrogens is 292 g/mol. The number of aromatic nitrogens is 2. The van der Waals surface area contributed by atoms with E-state index in [0.29, 0.717) is 6.04 Å². The molecule has 6 nitrogen and oxygen atoms in total. The molecule has 1 saturated carbocycles. The Hall–Kier alpha value is -1.40. The molecule has 23 heavy (non-hydrogen) atoms. The van der Waals surface area contributed by atoms with Crippen molar-refractivity contribution < 1.29 is 9.53 Å². The number of carbonyl (C=O) groups excluding carboxylic acids is 1. The van der Waals surface area contributed by atoms with Gasteiger partial charge in [-0.1, -0.05) is 0 Å². The van der Waals surface area contributed by atoms with Gasteiger partial charge in [0.15, 0.2) is 0 Å². The normalized spacial score (nSPS) is 31.1. The first kappa shape index (κ1) is 15.1. The van der Waals surface area contributed by atoms with E-state index in [0.717, 1.165) is 44.8 Å². The van der Waals surface area contributed by atoms with Crippen molar-refractivity contribution in [3.8, 4) is 0 Å². The first-order valence-electron chi connectivity index (χ1n) is 8.84. The maximum absolute atomic E-state index is 12.2. The van der Waals surface area contributed by atoms with E-state index in [-0.39, 0.29) is 18.1 Å². The zero-order valence-electron chi connectivity index (χ0n) is 13.8. The van der Waals surface area contributed by atoms with E-state index in [1.165, 1.54) is 18.4 Å². The molecule has 0 bridgehead atoms. The number of fused-ring (bicyclic) bond motifs is 1. The van der Waals surface area contributed by atoms with Crippen LogP contribution in [0.5, 0.6) is 0 Å². The monoisotopic (exact) mass is 318 g/mol. The molecule has 2 saturated heterocycles. The Morgan fingerprint density at radius 3 is 2.96 bits per heavy atom. The third kappa shape index (κ3) is 3.43. The molecule has 1 amide bonds. The number of carbonyl (C=O) groups is 1.